The third kappa shape index (κ3) is 1.51. The molecule has 2 aliphatic rings. The van der Waals surface area contributed by atoms with Gasteiger partial charge in [0.05, 0.1) is 6.26 Å². The Balaban J connectivity index is 1.74. The van der Waals surface area contributed by atoms with Crippen LogP contribution in [0.25, 0.3) is 0 Å². The van der Waals surface area contributed by atoms with Gasteiger partial charge in [0.2, 0.25) is 0 Å². The fraction of sp³-hybridized carbons (Fsp3) is 0.714. The number of furan rings is 1. The minimum atomic E-state index is 0.489. The normalized spacial score (nSPS) is 32.1. The van der Waals surface area contributed by atoms with Crippen molar-refractivity contribution in [1.29, 1.82) is 0 Å². The molecule has 2 aliphatic carbocycles. The Morgan fingerprint density at radius 1 is 1.56 bits per heavy atom. The Morgan fingerprint density at radius 2 is 2.44 bits per heavy atom. The number of nitrogens with one attached hydrogen (secondary N) is 1. The summed E-state index contributed by atoms with van der Waals surface area (Å²) in [5, 5.41) is 3.57. The Hall–Kier alpha value is -0.760. The van der Waals surface area contributed by atoms with Crippen LogP contribution in [0, 0.1) is 5.92 Å². The first kappa shape index (κ1) is 10.4. The summed E-state index contributed by atoms with van der Waals surface area (Å²) in [7, 11) is 0. The molecule has 0 aliphatic heterocycles. The van der Waals surface area contributed by atoms with Crippen LogP contribution in [0.3, 0.4) is 0 Å². The van der Waals surface area contributed by atoms with Crippen LogP contribution in [0.4, 0.5) is 0 Å². The molecular formula is C14H21NO. The van der Waals surface area contributed by atoms with Crippen molar-refractivity contribution in [2.75, 3.05) is 6.54 Å². The zero-order chi connectivity index (χ0) is 11.2. The highest BCUT2D eigenvalue weighted by Gasteiger charge is 2.56. The van der Waals surface area contributed by atoms with E-state index in [1.54, 1.807) is 0 Å². The van der Waals surface area contributed by atoms with Gasteiger partial charge in [0.1, 0.15) is 5.76 Å². The first-order valence-corrected chi connectivity index (χ1v) is 6.52. The maximum absolute atomic E-state index is 5.59. The predicted molar refractivity (Wildman–Crippen MR) is 64.6 cm³/mol. The monoisotopic (exact) mass is 219 g/mol. The molecule has 2 unspecified atom stereocenters. The molecule has 88 valence electrons. The summed E-state index contributed by atoms with van der Waals surface area (Å²) in [5.74, 6) is 2.10. The predicted octanol–water partition coefficient (Wildman–Crippen LogP) is 2.87. The highest BCUT2D eigenvalue weighted by molar-refractivity contribution is 5.38. The number of fused-ring (bicyclic) bond motifs is 2. The molecule has 1 N–H and O–H groups in total. The fourth-order valence-electron chi connectivity index (χ4n) is 3.34. The Labute approximate surface area is 97.4 Å². The lowest BCUT2D eigenvalue weighted by atomic mass is 9.82. The average molecular weight is 219 g/mol. The number of aryl methyl sites for hydroxylation is 1. The Morgan fingerprint density at radius 3 is 3.25 bits per heavy atom. The van der Waals surface area contributed by atoms with Crippen LogP contribution in [-0.4, -0.2) is 12.6 Å². The van der Waals surface area contributed by atoms with Crippen LogP contribution in [0.5, 0.6) is 0 Å². The first-order chi connectivity index (χ1) is 7.72. The maximum Gasteiger partial charge on any atom is 0.107 e. The third-order valence-corrected chi connectivity index (χ3v) is 4.31. The van der Waals surface area contributed by atoms with E-state index in [1.807, 2.05) is 6.26 Å². The molecule has 0 saturated heterocycles. The summed E-state index contributed by atoms with van der Waals surface area (Å²) in [6.45, 7) is 5.61. The molecule has 1 aromatic heterocycles. The first-order valence-electron chi connectivity index (χ1n) is 6.52. The maximum atomic E-state index is 5.59. The van der Waals surface area contributed by atoms with Gasteiger partial charge in [0.25, 0.3) is 0 Å². The largest absolute Gasteiger partial charge is 0.469 e. The van der Waals surface area contributed by atoms with Crippen LogP contribution in [0.2, 0.25) is 0 Å². The minimum Gasteiger partial charge on any atom is -0.469 e. The Bertz CT molecular complexity index is 382. The lowest BCUT2D eigenvalue weighted by molar-refractivity contribution is 0.417. The summed E-state index contributed by atoms with van der Waals surface area (Å²) in [5.41, 5.74) is 2.01. The van der Waals surface area contributed by atoms with Gasteiger partial charge in [0, 0.05) is 23.4 Å². The van der Waals surface area contributed by atoms with Gasteiger partial charge in [0.15, 0.2) is 0 Å². The van der Waals surface area contributed by atoms with Gasteiger partial charge in [-0.15, -0.1) is 0 Å². The van der Waals surface area contributed by atoms with E-state index in [4.69, 9.17) is 4.42 Å². The highest BCUT2D eigenvalue weighted by atomic mass is 16.3. The van der Waals surface area contributed by atoms with Crippen molar-refractivity contribution in [3.63, 3.8) is 0 Å². The van der Waals surface area contributed by atoms with Crippen molar-refractivity contribution in [2.45, 2.75) is 51.0 Å². The molecule has 0 amide bonds. The molecule has 2 heteroatoms. The molecular weight excluding hydrogens is 198 g/mol. The van der Waals surface area contributed by atoms with E-state index in [2.05, 4.69) is 25.2 Å². The average Bonchev–Trinajstić information content (AvgIpc) is 2.72. The topological polar surface area (TPSA) is 25.2 Å². The summed E-state index contributed by atoms with van der Waals surface area (Å²) in [6, 6.07) is 2.81. The van der Waals surface area contributed by atoms with E-state index in [1.165, 1.54) is 37.1 Å². The van der Waals surface area contributed by atoms with E-state index >= 15 is 0 Å². The smallest absolute Gasteiger partial charge is 0.107 e. The van der Waals surface area contributed by atoms with Crippen molar-refractivity contribution in [3.8, 4) is 0 Å². The van der Waals surface area contributed by atoms with E-state index in [-0.39, 0.29) is 0 Å². The molecule has 1 spiro atoms. The van der Waals surface area contributed by atoms with E-state index < -0.39 is 0 Å². The number of hydrogen-bond acceptors (Lipinski definition) is 2. The second-order valence-electron chi connectivity index (χ2n) is 5.73. The van der Waals surface area contributed by atoms with Crippen molar-refractivity contribution in [3.05, 3.63) is 23.7 Å². The van der Waals surface area contributed by atoms with E-state index in [0.29, 0.717) is 11.5 Å². The standard InChI is InChI=1S/C14H21NO/c1-10(2)15-9-11-8-14(11)6-3-4-13-12(14)5-7-16-13/h5,7,10-11,15H,3-4,6,8-9H2,1-2H3. The number of hydrogen-bond donors (Lipinski definition) is 1. The zero-order valence-corrected chi connectivity index (χ0v) is 10.3. The molecule has 1 fully saturated rings. The molecule has 0 bridgehead atoms. The van der Waals surface area contributed by atoms with Gasteiger partial charge in [-0.05, 0) is 37.8 Å². The quantitative estimate of drug-likeness (QED) is 0.845. The summed E-state index contributed by atoms with van der Waals surface area (Å²) in [6.07, 6.45) is 7.05. The lowest BCUT2D eigenvalue weighted by Gasteiger charge is -2.23. The van der Waals surface area contributed by atoms with Crippen LogP contribution >= 0.6 is 0 Å². The van der Waals surface area contributed by atoms with Gasteiger partial charge < -0.3 is 9.73 Å². The zero-order valence-electron chi connectivity index (χ0n) is 10.3. The second kappa shape index (κ2) is 3.63. The van der Waals surface area contributed by atoms with Gasteiger partial charge in [-0.3, -0.25) is 0 Å². The summed E-state index contributed by atoms with van der Waals surface area (Å²) in [4.78, 5) is 0. The van der Waals surface area contributed by atoms with Crippen molar-refractivity contribution in [2.24, 2.45) is 5.92 Å². The van der Waals surface area contributed by atoms with Gasteiger partial charge >= 0.3 is 0 Å². The fourth-order valence-corrected chi connectivity index (χ4v) is 3.34. The van der Waals surface area contributed by atoms with E-state index in [0.717, 1.165) is 12.3 Å². The second-order valence-corrected chi connectivity index (χ2v) is 5.73. The molecule has 2 atom stereocenters. The van der Waals surface area contributed by atoms with Gasteiger partial charge in [-0.1, -0.05) is 13.8 Å². The molecule has 16 heavy (non-hydrogen) atoms. The molecule has 1 heterocycles. The molecule has 2 nitrogen and oxygen atoms in total. The minimum absolute atomic E-state index is 0.489. The van der Waals surface area contributed by atoms with Crippen molar-refractivity contribution in [1.82, 2.24) is 5.32 Å². The number of rotatable bonds is 3. The van der Waals surface area contributed by atoms with Gasteiger partial charge in [-0.25, -0.2) is 0 Å². The highest BCUT2D eigenvalue weighted by Crippen LogP contribution is 2.60. The van der Waals surface area contributed by atoms with Crippen LogP contribution in [-0.2, 0) is 11.8 Å². The SMILES string of the molecule is CC(C)NCC1CC12CCCc1occc12. The molecule has 1 saturated carbocycles. The van der Waals surface area contributed by atoms with Crippen molar-refractivity contribution < 1.29 is 4.42 Å². The molecule has 0 radical (unpaired) electrons. The summed E-state index contributed by atoms with van der Waals surface area (Å²) >= 11 is 0. The third-order valence-electron chi connectivity index (χ3n) is 4.31. The lowest BCUT2D eigenvalue weighted by Crippen LogP contribution is -2.28. The van der Waals surface area contributed by atoms with Crippen LogP contribution < -0.4 is 5.32 Å². The molecule has 3 rings (SSSR count). The molecule has 1 aromatic rings. The van der Waals surface area contributed by atoms with Crippen LogP contribution in [0.1, 0.15) is 44.4 Å². The van der Waals surface area contributed by atoms with E-state index in [9.17, 15) is 0 Å². The van der Waals surface area contributed by atoms with Crippen LogP contribution in [0.15, 0.2) is 16.7 Å². The van der Waals surface area contributed by atoms with Gasteiger partial charge in [-0.2, -0.15) is 0 Å². The summed E-state index contributed by atoms with van der Waals surface area (Å²) < 4.78 is 5.59. The Kier molecular flexibility index (Phi) is 2.36. The van der Waals surface area contributed by atoms with Crippen molar-refractivity contribution >= 4 is 0 Å². The molecule has 0 aromatic carbocycles.